The van der Waals surface area contributed by atoms with Crippen molar-refractivity contribution in [2.45, 2.75) is 30.6 Å². The van der Waals surface area contributed by atoms with Crippen LogP contribution in [0.5, 0.6) is 5.75 Å². The number of piperidine rings is 1. The molecule has 2 heterocycles. The number of aryl methyl sites for hydroxylation is 1. The fourth-order valence-electron chi connectivity index (χ4n) is 4.77. The third-order valence-electron chi connectivity index (χ3n) is 6.88. The lowest BCUT2D eigenvalue weighted by atomic mass is 9.98. The molecule has 0 aliphatic carbocycles. The topological polar surface area (TPSA) is 122 Å². The lowest BCUT2D eigenvalue weighted by molar-refractivity contribution is -0.120. The summed E-state index contributed by atoms with van der Waals surface area (Å²) in [7, 11) is -5.96. The molecule has 2 fully saturated rings. The average Bonchev–Trinajstić information content (AvgIpc) is 2.94. The highest BCUT2D eigenvalue weighted by atomic mass is 32.2. The molecule has 1 amide bonds. The maximum Gasteiger partial charge on any atom is 0.246 e. The first kappa shape index (κ1) is 28.5. The first-order valence-corrected chi connectivity index (χ1v) is 15.8. The zero-order valence-corrected chi connectivity index (χ0v) is 23.2. The SMILES string of the molecule is COc1ccc(NC(=O)C2CCCN(S(=O)(=O)CCCc3ccccc3)C2)cc1S(=O)(=O)N1CCOCC1. The number of sulfonamides is 2. The molecule has 2 aliphatic rings. The molecule has 1 unspecified atom stereocenters. The van der Waals surface area contributed by atoms with Crippen molar-refractivity contribution in [3.63, 3.8) is 0 Å². The summed E-state index contributed by atoms with van der Waals surface area (Å²) in [4.78, 5) is 13.1. The summed E-state index contributed by atoms with van der Waals surface area (Å²) in [6.07, 6.45) is 2.31. The Morgan fingerprint density at radius 3 is 2.47 bits per heavy atom. The molecule has 0 saturated carbocycles. The van der Waals surface area contributed by atoms with Crippen molar-refractivity contribution in [1.82, 2.24) is 8.61 Å². The monoisotopic (exact) mass is 565 g/mol. The second-order valence-corrected chi connectivity index (χ2v) is 13.5. The van der Waals surface area contributed by atoms with E-state index in [1.807, 2.05) is 30.3 Å². The molecule has 2 saturated heterocycles. The van der Waals surface area contributed by atoms with E-state index in [-0.39, 0.29) is 41.9 Å². The predicted molar refractivity (Wildman–Crippen MR) is 144 cm³/mol. The smallest absolute Gasteiger partial charge is 0.246 e. The van der Waals surface area contributed by atoms with Crippen LogP contribution in [0.2, 0.25) is 0 Å². The fourth-order valence-corrected chi connectivity index (χ4v) is 7.94. The second-order valence-electron chi connectivity index (χ2n) is 9.47. The molecular formula is C26H35N3O7S2. The molecule has 208 valence electrons. The highest BCUT2D eigenvalue weighted by Crippen LogP contribution is 2.31. The number of nitrogens with one attached hydrogen (secondary N) is 1. The Morgan fingerprint density at radius 1 is 1.03 bits per heavy atom. The van der Waals surface area contributed by atoms with Gasteiger partial charge in [-0.05, 0) is 49.4 Å². The molecule has 0 bridgehead atoms. The summed E-state index contributed by atoms with van der Waals surface area (Å²) in [5.41, 5.74) is 1.40. The quantitative estimate of drug-likeness (QED) is 0.469. The Hall–Kier alpha value is -2.51. The molecule has 0 aromatic heterocycles. The molecule has 10 nitrogen and oxygen atoms in total. The number of ether oxygens (including phenoxy) is 2. The normalized spacial score (nSPS) is 19.7. The van der Waals surface area contributed by atoms with Crippen LogP contribution in [0.3, 0.4) is 0 Å². The van der Waals surface area contributed by atoms with Crippen molar-refractivity contribution in [2.75, 3.05) is 57.6 Å². The van der Waals surface area contributed by atoms with Crippen LogP contribution >= 0.6 is 0 Å². The highest BCUT2D eigenvalue weighted by molar-refractivity contribution is 7.89. The maximum atomic E-state index is 13.2. The van der Waals surface area contributed by atoms with Crippen LogP contribution in [0.15, 0.2) is 53.4 Å². The summed E-state index contributed by atoms with van der Waals surface area (Å²) < 4.78 is 65.7. The number of benzene rings is 2. The van der Waals surface area contributed by atoms with E-state index >= 15 is 0 Å². The lowest BCUT2D eigenvalue weighted by Gasteiger charge is -2.31. The van der Waals surface area contributed by atoms with Gasteiger partial charge in [-0.15, -0.1) is 0 Å². The van der Waals surface area contributed by atoms with Gasteiger partial charge in [0, 0.05) is 31.9 Å². The largest absolute Gasteiger partial charge is 0.495 e. The van der Waals surface area contributed by atoms with Gasteiger partial charge in [-0.2, -0.15) is 4.31 Å². The molecule has 38 heavy (non-hydrogen) atoms. The zero-order chi connectivity index (χ0) is 27.2. The highest BCUT2D eigenvalue weighted by Gasteiger charge is 2.33. The second kappa shape index (κ2) is 12.6. The number of hydrogen-bond acceptors (Lipinski definition) is 7. The van der Waals surface area contributed by atoms with Crippen molar-refractivity contribution in [3.05, 3.63) is 54.1 Å². The Morgan fingerprint density at radius 2 is 1.76 bits per heavy atom. The van der Waals surface area contributed by atoms with Crippen molar-refractivity contribution in [1.29, 1.82) is 0 Å². The van der Waals surface area contributed by atoms with Crippen molar-refractivity contribution in [2.24, 2.45) is 5.92 Å². The van der Waals surface area contributed by atoms with Gasteiger partial charge in [-0.25, -0.2) is 21.1 Å². The molecule has 0 radical (unpaired) electrons. The number of anilines is 1. The average molecular weight is 566 g/mol. The molecule has 2 aliphatic heterocycles. The van der Waals surface area contributed by atoms with Crippen molar-refractivity contribution >= 4 is 31.6 Å². The first-order chi connectivity index (χ1) is 18.2. The summed E-state index contributed by atoms with van der Waals surface area (Å²) in [6.45, 7) is 1.59. The van der Waals surface area contributed by atoms with E-state index in [0.29, 0.717) is 51.1 Å². The van der Waals surface area contributed by atoms with Crippen molar-refractivity contribution < 1.29 is 31.1 Å². The van der Waals surface area contributed by atoms with Gasteiger partial charge in [0.25, 0.3) is 0 Å². The minimum absolute atomic E-state index is 0.0253. The van der Waals surface area contributed by atoms with E-state index in [0.717, 1.165) is 5.56 Å². The fraction of sp³-hybridized carbons (Fsp3) is 0.500. The molecule has 1 N–H and O–H groups in total. The van der Waals surface area contributed by atoms with Gasteiger partial charge in [-0.1, -0.05) is 30.3 Å². The van der Waals surface area contributed by atoms with Gasteiger partial charge in [0.1, 0.15) is 10.6 Å². The zero-order valence-electron chi connectivity index (χ0n) is 21.5. The number of carbonyl (C=O) groups excluding carboxylic acids is 1. The standard InChI is InChI=1S/C26H35N3O7S2/c1-35-24-12-11-23(19-25(24)38(33,34)28-14-16-36-17-15-28)27-26(30)22-10-5-13-29(20-22)37(31,32)18-6-9-21-7-3-2-4-8-21/h2-4,7-8,11-12,19,22H,5-6,9-10,13-18,20H2,1H3,(H,27,30). The van der Waals surface area contributed by atoms with Gasteiger partial charge in [0.2, 0.25) is 26.0 Å². The number of morpholine rings is 1. The number of rotatable bonds is 10. The van der Waals surface area contributed by atoms with Crippen LogP contribution in [0.1, 0.15) is 24.8 Å². The van der Waals surface area contributed by atoms with Crippen LogP contribution in [0.4, 0.5) is 5.69 Å². The Labute approximate surface area is 225 Å². The van der Waals surface area contributed by atoms with E-state index in [2.05, 4.69) is 5.32 Å². The van der Waals surface area contributed by atoms with Crippen molar-refractivity contribution in [3.8, 4) is 5.75 Å². The third-order valence-corrected chi connectivity index (χ3v) is 10.7. The van der Waals surface area contributed by atoms with E-state index in [4.69, 9.17) is 9.47 Å². The van der Waals surface area contributed by atoms with Crippen LogP contribution in [-0.4, -0.2) is 83.6 Å². The van der Waals surface area contributed by atoms with Gasteiger partial charge in [0.15, 0.2) is 0 Å². The number of nitrogens with zero attached hydrogens (tertiary/aromatic N) is 2. The van der Waals surface area contributed by atoms with E-state index < -0.39 is 26.0 Å². The van der Waals surface area contributed by atoms with Gasteiger partial charge in [0.05, 0.1) is 32.0 Å². The third kappa shape index (κ3) is 6.92. The van der Waals surface area contributed by atoms with E-state index in [1.54, 1.807) is 6.07 Å². The van der Waals surface area contributed by atoms with Crippen LogP contribution in [-0.2, 0) is 36.0 Å². The van der Waals surface area contributed by atoms with Crippen LogP contribution in [0, 0.1) is 5.92 Å². The molecule has 12 heteroatoms. The predicted octanol–water partition coefficient (Wildman–Crippen LogP) is 2.33. The van der Waals surface area contributed by atoms with Crippen LogP contribution < -0.4 is 10.1 Å². The molecule has 1 atom stereocenters. The Balaban J connectivity index is 1.40. The lowest BCUT2D eigenvalue weighted by Crippen LogP contribution is -2.44. The van der Waals surface area contributed by atoms with Gasteiger partial charge in [-0.3, -0.25) is 4.79 Å². The molecule has 2 aromatic rings. The molecular weight excluding hydrogens is 530 g/mol. The van der Waals surface area contributed by atoms with E-state index in [9.17, 15) is 21.6 Å². The summed E-state index contributed by atoms with van der Waals surface area (Å²) in [6, 6.07) is 14.2. The summed E-state index contributed by atoms with van der Waals surface area (Å²) in [5.74, 6) is -0.666. The van der Waals surface area contributed by atoms with Gasteiger partial charge < -0.3 is 14.8 Å². The maximum absolute atomic E-state index is 13.2. The molecule has 2 aromatic carbocycles. The number of amides is 1. The summed E-state index contributed by atoms with van der Waals surface area (Å²) >= 11 is 0. The minimum Gasteiger partial charge on any atom is -0.495 e. The minimum atomic E-state index is -3.86. The molecule has 0 spiro atoms. The number of hydrogen-bond donors (Lipinski definition) is 1. The van der Waals surface area contributed by atoms with Crippen LogP contribution in [0.25, 0.3) is 0 Å². The first-order valence-electron chi connectivity index (χ1n) is 12.8. The van der Waals surface area contributed by atoms with E-state index in [1.165, 1.54) is 27.9 Å². The Bertz CT molecular complexity index is 1310. The number of carbonyl (C=O) groups is 1. The Kier molecular flexibility index (Phi) is 9.42. The van der Waals surface area contributed by atoms with Gasteiger partial charge >= 0.3 is 0 Å². The molecule has 4 rings (SSSR count). The summed E-state index contributed by atoms with van der Waals surface area (Å²) in [5, 5.41) is 2.79. The number of methoxy groups -OCH3 is 1.